The molecule has 0 radical (unpaired) electrons. The lowest BCUT2D eigenvalue weighted by Crippen LogP contribution is -2.01. The van der Waals surface area contributed by atoms with Crippen LogP contribution in [-0.4, -0.2) is 19.3 Å². The maximum Gasteiger partial charge on any atom is 0.200 e. The minimum absolute atomic E-state index is 0.0967. The number of phenols is 1. The van der Waals surface area contributed by atoms with E-state index in [9.17, 15) is 13.9 Å². The molecule has 0 fully saturated rings. The highest BCUT2D eigenvalue weighted by molar-refractivity contribution is 5.53. The Balaban J connectivity index is 2.19. The second-order valence-corrected chi connectivity index (χ2v) is 4.36. The fourth-order valence-corrected chi connectivity index (χ4v) is 1.91. The van der Waals surface area contributed by atoms with Gasteiger partial charge in [-0.15, -0.1) is 0 Å². The highest BCUT2D eigenvalue weighted by atomic mass is 19.1. The van der Waals surface area contributed by atoms with Gasteiger partial charge < -0.3 is 19.9 Å². The van der Waals surface area contributed by atoms with Crippen molar-refractivity contribution >= 4 is 5.69 Å². The Kier molecular flexibility index (Phi) is 4.47. The number of anilines is 1. The predicted octanol–water partition coefficient (Wildman–Crippen LogP) is 3.30. The second-order valence-electron chi connectivity index (χ2n) is 4.36. The minimum Gasteiger partial charge on any atom is -0.502 e. The van der Waals surface area contributed by atoms with Gasteiger partial charge in [0.2, 0.25) is 5.75 Å². The molecule has 6 heteroatoms. The van der Waals surface area contributed by atoms with Crippen LogP contribution in [0.3, 0.4) is 0 Å². The second kappa shape index (κ2) is 6.30. The molecule has 0 aromatic heterocycles. The molecule has 0 spiro atoms. The van der Waals surface area contributed by atoms with E-state index >= 15 is 0 Å². The van der Waals surface area contributed by atoms with Gasteiger partial charge in [0.1, 0.15) is 11.6 Å². The summed E-state index contributed by atoms with van der Waals surface area (Å²) in [6.07, 6.45) is 0. The van der Waals surface area contributed by atoms with Crippen LogP contribution in [0.2, 0.25) is 0 Å². The summed E-state index contributed by atoms with van der Waals surface area (Å²) in [5.41, 5.74) is 1.05. The molecule has 0 atom stereocenters. The van der Waals surface area contributed by atoms with Crippen molar-refractivity contribution in [2.75, 3.05) is 19.5 Å². The highest BCUT2D eigenvalue weighted by Gasteiger charge is 2.11. The first kappa shape index (κ1) is 14.9. The van der Waals surface area contributed by atoms with Gasteiger partial charge in [-0.3, -0.25) is 0 Å². The van der Waals surface area contributed by atoms with Crippen molar-refractivity contribution in [2.45, 2.75) is 6.54 Å². The number of halogens is 2. The van der Waals surface area contributed by atoms with Crippen LogP contribution in [0, 0.1) is 11.6 Å². The first-order chi connectivity index (χ1) is 10.0. The van der Waals surface area contributed by atoms with Crippen molar-refractivity contribution in [1.29, 1.82) is 0 Å². The fraction of sp³-hybridized carbons (Fsp3) is 0.200. The third kappa shape index (κ3) is 3.53. The van der Waals surface area contributed by atoms with Gasteiger partial charge in [-0.05, 0) is 29.8 Å². The van der Waals surface area contributed by atoms with E-state index in [0.717, 1.165) is 11.6 Å². The maximum atomic E-state index is 13.1. The van der Waals surface area contributed by atoms with Crippen LogP contribution in [0.5, 0.6) is 17.2 Å². The number of benzene rings is 2. The maximum absolute atomic E-state index is 13.1. The first-order valence-electron chi connectivity index (χ1n) is 6.17. The van der Waals surface area contributed by atoms with Gasteiger partial charge in [0.15, 0.2) is 11.5 Å². The van der Waals surface area contributed by atoms with E-state index in [0.29, 0.717) is 5.69 Å². The van der Waals surface area contributed by atoms with E-state index < -0.39 is 11.6 Å². The van der Waals surface area contributed by atoms with Crippen molar-refractivity contribution in [3.8, 4) is 17.2 Å². The molecule has 21 heavy (non-hydrogen) atoms. The zero-order valence-corrected chi connectivity index (χ0v) is 11.6. The van der Waals surface area contributed by atoms with Gasteiger partial charge in [-0.25, -0.2) is 8.78 Å². The third-order valence-corrected chi connectivity index (χ3v) is 2.90. The summed E-state index contributed by atoms with van der Waals surface area (Å²) in [6.45, 7) is 0.288. The number of phenolic OH excluding ortho intramolecular Hbond substituents is 1. The molecule has 2 aromatic rings. The minimum atomic E-state index is -0.654. The molecule has 0 unspecified atom stereocenters. The number of rotatable bonds is 5. The number of aromatic hydroxyl groups is 1. The highest BCUT2D eigenvalue weighted by Crippen LogP contribution is 2.37. The normalized spacial score (nSPS) is 10.3. The number of ether oxygens (including phenoxy) is 2. The molecule has 0 bridgehead atoms. The van der Waals surface area contributed by atoms with Crippen LogP contribution in [-0.2, 0) is 6.54 Å². The molecule has 0 saturated carbocycles. The molecule has 4 nitrogen and oxygen atoms in total. The number of methoxy groups -OCH3 is 2. The summed E-state index contributed by atoms with van der Waals surface area (Å²) in [5.74, 6) is -0.884. The van der Waals surface area contributed by atoms with E-state index in [1.54, 1.807) is 12.1 Å². The Bertz CT molecular complexity index is 602. The summed E-state index contributed by atoms with van der Waals surface area (Å²) in [5, 5.41) is 12.7. The van der Waals surface area contributed by atoms with Crippen molar-refractivity contribution in [3.05, 3.63) is 47.5 Å². The molecule has 2 rings (SSSR count). The molecule has 0 aliphatic carbocycles. The van der Waals surface area contributed by atoms with E-state index in [1.165, 1.54) is 26.4 Å². The molecule has 0 saturated heterocycles. The fourth-order valence-electron chi connectivity index (χ4n) is 1.91. The van der Waals surface area contributed by atoms with Gasteiger partial charge in [-0.1, -0.05) is 0 Å². The Hall–Kier alpha value is -2.50. The average molecular weight is 295 g/mol. The smallest absolute Gasteiger partial charge is 0.200 e. The van der Waals surface area contributed by atoms with Gasteiger partial charge in [0, 0.05) is 18.3 Å². The van der Waals surface area contributed by atoms with E-state index in [-0.39, 0.29) is 23.8 Å². The lowest BCUT2D eigenvalue weighted by atomic mass is 10.1. The van der Waals surface area contributed by atoms with Crippen LogP contribution in [0.1, 0.15) is 5.56 Å². The monoisotopic (exact) mass is 295 g/mol. The van der Waals surface area contributed by atoms with Gasteiger partial charge in [-0.2, -0.15) is 0 Å². The Morgan fingerprint density at radius 2 is 1.48 bits per heavy atom. The van der Waals surface area contributed by atoms with Crippen molar-refractivity contribution < 1.29 is 23.4 Å². The topological polar surface area (TPSA) is 50.7 Å². The Morgan fingerprint density at radius 1 is 0.952 bits per heavy atom. The molecule has 0 heterocycles. The quantitative estimate of drug-likeness (QED) is 0.888. The summed E-state index contributed by atoms with van der Waals surface area (Å²) in [7, 11) is 2.85. The number of hydrogen-bond acceptors (Lipinski definition) is 4. The van der Waals surface area contributed by atoms with Crippen LogP contribution >= 0.6 is 0 Å². The Morgan fingerprint density at radius 3 is 1.95 bits per heavy atom. The van der Waals surface area contributed by atoms with Crippen molar-refractivity contribution in [2.24, 2.45) is 0 Å². The predicted molar refractivity (Wildman–Crippen MR) is 74.9 cm³/mol. The van der Waals surface area contributed by atoms with Crippen LogP contribution in [0.25, 0.3) is 0 Å². The van der Waals surface area contributed by atoms with Gasteiger partial charge in [0.05, 0.1) is 14.2 Å². The lowest BCUT2D eigenvalue weighted by Gasteiger charge is -2.12. The van der Waals surface area contributed by atoms with Crippen molar-refractivity contribution in [1.82, 2.24) is 0 Å². The average Bonchev–Trinajstić information content (AvgIpc) is 2.45. The Labute approximate surface area is 120 Å². The van der Waals surface area contributed by atoms with E-state index in [1.807, 2.05) is 0 Å². The molecular weight excluding hydrogens is 280 g/mol. The third-order valence-electron chi connectivity index (χ3n) is 2.90. The zero-order chi connectivity index (χ0) is 15.4. The SMILES string of the molecule is COc1cc(CNc2cc(F)cc(F)c2)cc(OC)c1O. The molecule has 0 amide bonds. The summed E-state index contributed by atoms with van der Waals surface area (Å²) in [6, 6.07) is 6.41. The molecule has 0 aliphatic rings. The standard InChI is InChI=1S/C15H15F2NO3/c1-20-13-3-9(4-14(21-2)15(13)19)8-18-12-6-10(16)5-11(17)7-12/h3-7,18-19H,8H2,1-2H3. The van der Waals surface area contributed by atoms with Gasteiger partial charge in [0.25, 0.3) is 0 Å². The molecule has 112 valence electrons. The van der Waals surface area contributed by atoms with Crippen LogP contribution < -0.4 is 14.8 Å². The molecule has 2 aromatic carbocycles. The number of hydrogen-bond donors (Lipinski definition) is 2. The zero-order valence-electron chi connectivity index (χ0n) is 11.6. The summed E-state index contributed by atoms with van der Waals surface area (Å²) < 4.78 is 36.3. The summed E-state index contributed by atoms with van der Waals surface area (Å²) >= 11 is 0. The number of nitrogens with one attached hydrogen (secondary N) is 1. The largest absolute Gasteiger partial charge is 0.502 e. The lowest BCUT2D eigenvalue weighted by molar-refractivity contribution is 0.339. The van der Waals surface area contributed by atoms with E-state index in [2.05, 4.69) is 5.32 Å². The molecule has 2 N–H and O–H groups in total. The first-order valence-corrected chi connectivity index (χ1v) is 6.17. The molecular formula is C15H15F2NO3. The summed E-state index contributed by atoms with van der Waals surface area (Å²) in [4.78, 5) is 0. The van der Waals surface area contributed by atoms with Crippen LogP contribution in [0.4, 0.5) is 14.5 Å². The van der Waals surface area contributed by atoms with E-state index in [4.69, 9.17) is 9.47 Å². The molecule has 0 aliphatic heterocycles. The van der Waals surface area contributed by atoms with Crippen molar-refractivity contribution in [3.63, 3.8) is 0 Å². The van der Waals surface area contributed by atoms with Gasteiger partial charge >= 0.3 is 0 Å². The van der Waals surface area contributed by atoms with Crippen LogP contribution in [0.15, 0.2) is 30.3 Å².